The Balaban J connectivity index is 2.54. The lowest BCUT2D eigenvalue weighted by Gasteiger charge is -2.20. The Labute approximate surface area is 110 Å². The van der Waals surface area contributed by atoms with E-state index in [0.29, 0.717) is 6.54 Å². The Morgan fingerprint density at radius 3 is 2.74 bits per heavy atom. The number of urea groups is 1. The molecule has 1 atom stereocenters. The average molecular weight is 270 g/mol. The van der Waals surface area contributed by atoms with Crippen LogP contribution in [0.2, 0.25) is 0 Å². The number of nitrogens with zero attached hydrogens (tertiary/aromatic N) is 3. The molecule has 1 aromatic rings. The molecule has 2 amide bonds. The highest BCUT2D eigenvalue weighted by molar-refractivity contribution is 5.82. The van der Waals surface area contributed by atoms with Crippen LogP contribution in [-0.4, -0.2) is 56.6 Å². The zero-order valence-electron chi connectivity index (χ0n) is 10.9. The Bertz CT molecular complexity index is 446. The predicted octanol–water partition coefficient (Wildman–Crippen LogP) is -0.603. The lowest BCUT2D eigenvalue weighted by molar-refractivity contribution is -0.139. The van der Waals surface area contributed by atoms with Gasteiger partial charge in [0.15, 0.2) is 0 Å². The molecule has 1 aromatic heterocycles. The van der Waals surface area contributed by atoms with E-state index in [-0.39, 0.29) is 13.0 Å². The highest BCUT2D eigenvalue weighted by Gasteiger charge is 2.21. The number of carbonyl (C=O) groups excluding carboxylic acids is 1. The van der Waals surface area contributed by atoms with Crippen LogP contribution in [0.3, 0.4) is 0 Å². The maximum Gasteiger partial charge on any atom is 0.326 e. The van der Waals surface area contributed by atoms with Gasteiger partial charge >= 0.3 is 12.0 Å². The van der Waals surface area contributed by atoms with Gasteiger partial charge in [0.05, 0.1) is 12.7 Å². The van der Waals surface area contributed by atoms with Crippen molar-refractivity contribution >= 4 is 12.0 Å². The van der Waals surface area contributed by atoms with Gasteiger partial charge in [-0.3, -0.25) is 4.68 Å². The molecular formula is C11H18N4O4. The van der Waals surface area contributed by atoms with Crippen molar-refractivity contribution in [3.8, 4) is 0 Å². The summed E-state index contributed by atoms with van der Waals surface area (Å²) in [5, 5.41) is 23.9. The van der Waals surface area contributed by atoms with Crippen molar-refractivity contribution in [2.45, 2.75) is 19.0 Å². The lowest BCUT2D eigenvalue weighted by atomic mass is 10.2. The van der Waals surface area contributed by atoms with E-state index in [4.69, 9.17) is 10.2 Å². The van der Waals surface area contributed by atoms with Crippen LogP contribution in [0.25, 0.3) is 0 Å². The van der Waals surface area contributed by atoms with Crippen LogP contribution < -0.4 is 5.32 Å². The van der Waals surface area contributed by atoms with Gasteiger partial charge in [-0.15, -0.1) is 0 Å². The van der Waals surface area contributed by atoms with Crippen LogP contribution >= 0.6 is 0 Å². The van der Waals surface area contributed by atoms with Crippen molar-refractivity contribution in [2.24, 2.45) is 7.05 Å². The molecule has 0 saturated carbocycles. The third kappa shape index (κ3) is 4.59. The molecule has 0 aromatic carbocycles. The van der Waals surface area contributed by atoms with E-state index in [0.717, 1.165) is 5.56 Å². The van der Waals surface area contributed by atoms with Crippen molar-refractivity contribution in [2.75, 3.05) is 13.7 Å². The number of hydrogen-bond donors (Lipinski definition) is 3. The Hall–Kier alpha value is -2.09. The summed E-state index contributed by atoms with van der Waals surface area (Å²) >= 11 is 0. The molecule has 0 aliphatic heterocycles. The van der Waals surface area contributed by atoms with Gasteiger partial charge in [-0.05, 0) is 0 Å². The third-order valence-electron chi connectivity index (χ3n) is 2.54. The number of hydrogen-bond acceptors (Lipinski definition) is 4. The number of amides is 2. The number of nitrogens with one attached hydrogen (secondary N) is 1. The first-order valence-corrected chi connectivity index (χ1v) is 5.77. The van der Waals surface area contributed by atoms with Gasteiger partial charge in [0.2, 0.25) is 0 Å². The number of carboxylic acids is 1. The molecule has 19 heavy (non-hydrogen) atoms. The quantitative estimate of drug-likeness (QED) is 0.639. The molecule has 8 heteroatoms. The third-order valence-corrected chi connectivity index (χ3v) is 2.54. The summed E-state index contributed by atoms with van der Waals surface area (Å²) in [7, 11) is 3.32. The van der Waals surface area contributed by atoms with E-state index >= 15 is 0 Å². The second kappa shape index (κ2) is 6.74. The van der Waals surface area contributed by atoms with Gasteiger partial charge in [-0.1, -0.05) is 0 Å². The van der Waals surface area contributed by atoms with Crippen molar-refractivity contribution in [3.05, 3.63) is 18.0 Å². The lowest BCUT2D eigenvalue weighted by Crippen LogP contribution is -2.46. The van der Waals surface area contributed by atoms with Crippen LogP contribution in [0.5, 0.6) is 0 Å². The molecule has 0 fully saturated rings. The van der Waals surface area contributed by atoms with E-state index in [1.807, 2.05) is 0 Å². The molecule has 0 aliphatic carbocycles. The number of aromatic nitrogens is 2. The second-order valence-electron chi connectivity index (χ2n) is 4.23. The summed E-state index contributed by atoms with van der Waals surface area (Å²) in [6.45, 7) is 0.0225. The van der Waals surface area contributed by atoms with E-state index in [1.54, 1.807) is 31.2 Å². The molecule has 0 unspecified atom stereocenters. The fourth-order valence-electron chi connectivity index (χ4n) is 1.54. The Morgan fingerprint density at radius 1 is 1.58 bits per heavy atom. The average Bonchev–Trinajstić information content (AvgIpc) is 2.73. The molecule has 0 saturated heterocycles. The zero-order chi connectivity index (χ0) is 14.4. The molecule has 106 valence electrons. The SMILES string of the molecule is CN(Cc1cnn(C)c1)C(=O)N[C@H](CCO)C(=O)O. The minimum absolute atomic E-state index is 0.0260. The molecular weight excluding hydrogens is 252 g/mol. The summed E-state index contributed by atoms with van der Waals surface area (Å²) < 4.78 is 1.62. The maximum atomic E-state index is 11.8. The summed E-state index contributed by atoms with van der Waals surface area (Å²) in [6.07, 6.45) is 3.38. The van der Waals surface area contributed by atoms with E-state index in [2.05, 4.69) is 10.4 Å². The predicted molar refractivity (Wildman–Crippen MR) is 66.3 cm³/mol. The van der Waals surface area contributed by atoms with E-state index in [9.17, 15) is 9.59 Å². The normalized spacial score (nSPS) is 11.9. The molecule has 0 bridgehead atoms. The fourth-order valence-corrected chi connectivity index (χ4v) is 1.54. The van der Waals surface area contributed by atoms with Crippen molar-refractivity contribution in [1.29, 1.82) is 0 Å². The minimum atomic E-state index is -1.17. The van der Waals surface area contributed by atoms with Gasteiger partial charge in [-0.2, -0.15) is 5.10 Å². The summed E-state index contributed by atoms with van der Waals surface area (Å²) in [4.78, 5) is 24.0. The molecule has 0 spiro atoms. The fraction of sp³-hybridized carbons (Fsp3) is 0.545. The summed E-state index contributed by atoms with van der Waals surface area (Å²) in [6, 6.07) is -1.60. The first-order chi connectivity index (χ1) is 8.93. The van der Waals surface area contributed by atoms with E-state index < -0.39 is 18.0 Å². The van der Waals surface area contributed by atoms with Gasteiger partial charge in [0, 0.05) is 38.9 Å². The number of carbonyl (C=O) groups is 2. The Kier molecular flexibility index (Phi) is 5.31. The van der Waals surface area contributed by atoms with Gasteiger partial charge < -0.3 is 20.4 Å². The molecule has 8 nitrogen and oxygen atoms in total. The maximum absolute atomic E-state index is 11.8. The standard InChI is InChI=1S/C11H18N4O4/c1-14(6-8-5-12-15(2)7-8)11(19)13-9(3-4-16)10(17)18/h5,7,9,16H,3-4,6H2,1-2H3,(H,13,19)(H,17,18)/t9-/m1/s1. The topological polar surface area (TPSA) is 108 Å². The molecule has 1 heterocycles. The number of carboxylic acid groups (broad SMARTS) is 1. The highest BCUT2D eigenvalue weighted by atomic mass is 16.4. The summed E-state index contributed by atoms with van der Waals surface area (Å²) in [5.41, 5.74) is 0.842. The van der Waals surface area contributed by atoms with Gasteiger partial charge in [0.25, 0.3) is 0 Å². The van der Waals surface area contributed by atoms with Crippen molar-refractivity contribution < 1.29 is 19.8 Å². The number of rotatable bonds is 6. The molecule has 0 radical (unpaired) electrons. The Morgan fingerprint density at radius 2 is 2.26 bits per heavy atom. The zero-order valence-corrected chi connectivity index (χ0v) is 10.9. The van der Waals surface area contributed by atoms with Crippen LogP contribution in [0.4, 0.5) is 4.79 Å². The van der Waals surface area contributed by atoms with Crippen molar-refractivity contribution in [3.63, 3.8) is 0 Å². The number of aliphatic carboxylic acids is 1. The van der Waals surface area contributed by atoms with Crippen LogP contribution in [0.1, 0.15) is 12.0 Å². The first kappa shape index (κ1) is 15.0. The smallest absolute Gasteiger partial charge is 0.326 e. The number of aryl methyl sites for hydroxylation is 1. The van der Waals surface area contributed by atoms with Crippen LogP contribution in [0, 0.1) is 0 Å². The second-order valence-corrected chi connectivity index (χ2v) is 4.23. The monoisotopic (exact) mass is 270 g/mol. The van der Waals surface area contributed by atoms with Gasteiger partial charge in [-0.25, -0.2) is 9.59 Å². The summed E-state index contributed by atoms with van der Waals surface area (Å²) in [5.74, 6) is -1.17. The number of aliphatic hydroxyl groups is 1. The van der Waals surface area contributed by atoms with E-state index in [1.165, 1.54) is 4.90 Å². The van der Waals surface area contributed by atoms with Crippen LogP contribution in [-0.2, 0) is 18.4 Å². The highest BCUT2D eigenvalue weighted by Crippen LogP contribution is 2.02. The molecule has 1 rings (SSSR count). The molecule has 3 N–H and O–H groups in total. The molecule has 0 aliphatic rings. The largest absolute Gasteiger partial charge is 0.480 e. The first-order valence-electron chi connectivity index (χ1n) is 5.77. The van der Waals surface area contributed by atoms with Crippen LogP contribution in [0.15, 0.2) is 12.4 Å². The van der Waals surface area contributed by atoms with Crippen molar-refractivity contribution in [1.82, 2.24) is 20.0 Å². The van der Waals surface area contributed by atoms with Gasteiger partial charge in [0.1, 0.15) is 6.04 Å². The number of aliphatic hydroxyl groups excluding tert-OH is 1. The minimum Gasteiger partial charge on any atom is -0.480 e.